The number of methoxy groups -OCH3 is 1. The predicted octanol–water partition coefficient (Wildman–Crippen LogP) is 0.0709. The Hall–Kier alpha value is -0.160. The molecule has 1 rings (SSSR count). The zero-order valence-electron chi connectivity index (χ0n) is 9.45. The van der Waals surface area contributed by atoms with Gasteiger partial charge in [0.25, 0.3) is 0 Å². The lowest BCUT2D eigenvalue weighted by Gasteiger charge is -2.36. The quantitative estimate of drug-likeness (QED) is 0.701. The van der Waals surface area contributed by atoms with Crippen molar-refractivity contribution in [2.24, 2.45) is 5.73 Å². The Morgan fingerprint density at radius 3 is 2.86 bits per heavy atom. The van der Waals surface area contributed by atoms with Crippen LogP contribution in [-0.2, 0) is 9.47 Å². The molecule has 0 aromatic carbocycles. The average molecular weight is 202 g/mol. The maximum Gasteiger partial charge on any atom is 0.0935 e. The third kappa shape index (κ3) is 4.37. The molecule has 84 valence electrons. The number of nitrogens with zero attached hydrogens (tertiary/aromatic N) is 1. The molecule has 0 radical (unpaired) electrons. The highest BCUT2D eigenvalue weighted by Gasteiger charge is 2.24. The maximum atomic E-state index is 5.97. The Morgan fingerprint density at radius 2 is 2.29 bits per heavy atom. The van der Waals surface area contributed by atoms with Crippen LogP contribution in [0.5, 0.6) is 0 Å². The van der Waals surface area contributed by atoms with Crippen molar-refractivity contribution in [3.8, 4) is 0 Å². The Labute approximate surface area is 86.3 Å². The molecule has 0 aromatic heterocycles. The topological polar surface area (TPSA) is 47.7 Å². The second-order valence-electron chi connectivity index (χ2n) is 4.67. The van der Waals surface area contributed by atoms with Crippen molar-refractivity contribution in [1.82, 2.24) is 4.90 Å². The van der Waals surface area contributed by atoms with E-state index in [1.54, 1.807) is 7.11 Å². The van der Waals surface area contributed by atoms with Crippen LogP contribution in [0.1, 0.15) is 13.8 Å². The van der Waals surface area contributed by atoms with Crippen molar-refractivity contribution in [3.05, 3.63) is 0 Å². The molecule has 2 N–H and O–H groups in total. The van der Waals surface area contributed by atoms with Gasteiger partial charge in [0, 0.05) is 32.3 Å². The molecular weight excluding hydrogens is 180 g/mol. The number of hydrogen-bond acceptors (Lipinski definition) is 4. The first-order valence-corrected chi connectivity index (χ1v) is 5.13. The van der Waals surface area contributed by atoms with Crippen LogP contribution in [0.15, 0.2) is 0 Å². The second-order valence-corrected chi connectivity index (χ2v) is 4.67. The fourth-order valence-electron chi connectivity index (χ4n) is 1.79. The van der Waals surface area contributed by atoms with Crippen molar-refractivity contribution < 1.29 is 9.47 Å². The minimum absolute atomic E-state index is 0.130. The third-order valence-corrected chi connectivity index (χ3v) is 2.21. The Bertz CT molecular complexity index is 166. The molecule has 1 fully saturated rings. The summed E-state index contributed by atoms with van der Waals surface area (Å²) in [6, 6.07) is 0. The molecule has 1 aliphatic rings. The monoisotopic (exact) mass is 202 g/mol. The van der Waals surface area contributed by atoms with Crippen LogP contribution in [0.25, 0.3) is 0 Å². The molecule has 14 heavy (non-hydrogen) atoms. The average Bonchev–Trinajstić information content (AvgIpc) is 2.02. The molecule has 0 saturated carbocycles. The normalized spacial score (nSPS) is 25.3. The van der Waals surface area contributed by atoms with Crippen LogP contribution in [-0.4, -0.2) is 56.5 Å². The van der Waals surface area contributed by atoms with Crippen molar-refractivity contribution in [2.45, 2.75) is 25.5 Å². The minimum Gasteiger partial charge on any atom is -0.382 e. The standard InChI is InChI=1S/C10H22N2O2/c1-10(2,11)8-12-4-5-14-9(6-12)7-13-3/h9H,4-8,11H2,1-3H3. The van der Waals surface area contributed by atoms with Crippen molar-refractivity contribution in [2.75, 3.05) is 40.0 Å². The highest BCUT2D eigenvalue weighted by molar-refractivity contribution is 4.80. The van der Waals surface area contributed by atoms with Crippen LogP contribution in [0, 0.1) is 0 Å². The van der Waals surface area contributed by atoms with E-state index < -0.39 is 0 Å². The SMILES string of the molecule is COCC1CN(CC(C)(C)N)CCO1. The van der Waals surface area contributed by atoms with Crippen LogP contribution in [0.3, 0.4) is 0 Å². The number of morpholine rings is 1. The van der Waals surface area contributed by atoms with Gasteiger partial charge in [0.1, 0.15) is 0 Å². The molecule has 1 heterocycles. The van der Waals surface area contributed by atoms with Gasteiger partial charge in [0.2, 0.25) is 0 Å². The minimum atomic E-state index is -0.130. The summed E-state index contributed by atoms with van der Waals surface area (Å²) in [5.74, 6) is 0. The number of ether oxygens (including phenoxy) is 2. The molecule has 4 nitrogen and oxygen atoms in total. The van der Waals surface area contributed by atoms with Gasteiger partial charge in [-0.25, -0.2) is 0 Å². The Balaban J connectivity index is 2.32. The largest absolute Gasteiger partial charge is 0.382 e. The zero-order valence-corrected chi connectivity index (χ0v) is 9.45. The first-order valence-electron chi connectivity index (χ1n) is 5.13. The Morgan fingerprint density at radius 1 is 1.57 bits per heavy atom. The molecule has 4 heteroatoms. The van der Waals surface area contributed by atoms with Gasteiger partial charge < -0.3 is 15.2 Å². The van der Waals surface area contributed by atoms with E-state index in [-0.39, 0.29) is 11.6 Å². The summed E-state index contributed by atoms with van der Waals surface area (Å²) in [5, 5.41) is 0. The number of nitrogens with two attached hydrogens (primary N) is 1. The van der Waals surface area contributed by atoms with E-state index in [2.05, 4.69) is 4.90 Å². The van der Waals surface area contributed by atoms with E-state index in [9.17, 15) is 0 Å². The van der Waals surface area contributed by atoms with Crippen molar-refractivity contribution in [3.63, 3.8) is 0 Å². The molecule has 0 aliphatic carbocycles. The summed E-state index contributed by atoms with van der Waals surface area (Å²) in [5.41, 5.74) is 5.84. The fraction of sp³-hybridized carbons (Fsp3) is 1.00. The van der Waals surface area contributed by atoms with Gasteiger partial charge in [0.15, 0.2) is 0 Å². The second kappa shape index (κ2) is 5.07. The predicted molar refractivity (Wildman–Crippen MR) is 56.3 cm³/mol. The van der Waals surface area contributed by atoms with E-state index in [1.165, 1.54) is 0 Å². The van der Waals surface area contributed by atoms with Crippen LogP contribution >= 0.6 is 0 Å². The molecule has 0 spiro atoms. The lowest BCUT2D eigenvalue weighted by Crippen LogP contribution is -2.52. The van der Waals surface area contributed by atoms with Gasteiger partial charge in [-0.1, -0.05) is 0 Å². The molecule has 1 saturated heterocycles. The van der Waals surface area contributed by atoms with Gasteiger partial charge in [-0.2, -0.15) is 0 Å². The Kier molecular flexibility index (Phi) is 4.31. The first kappa shape index (κ1) is 11.9. The van der Waals surface area contributed by atoms with E-state index in [1.807, 2.05) is 13.8 Å². The molecule has 1 unspecified atom stereocenters. The summed E-state index contributed by atoms with van der Waals surface area (Å²) < 4.78 is 10.6. The van der Waals surface area contributed by atoms with E-state index in [0.29, 0.717) is 6.61 Å². The van der Waals surface area contributed by atoms with Gasteiger partial charge in [-0.15, -0.1) is 0 Å². The molecule has 1 aliphatic heterocycles. The lowest BCUT2D eigenvalue weighted by atomic mass is 10.1. The first-order chi connectivity index (χ1) is 6.51. The van der Waals surface area contributed by atoms with Gasteiger partial charge >= 0.3 is 0 Å². The molecule has 0 aromatic rings. The van der Waals surface area contributed by atoms with E-state index >= 15 is 0 Å². The van der Waals surface area contributed by atoms with E-state index in [0.717, 1.165) is 26.2 Å². The van der Waals surface area contributed by atoms with Crippen molar-refractivity contribution >= 4 is 0 Å². The van der Waals surface area contributed by atoms with Crippen LogP contribution in [0.4, 0.5) is 0 Å². The molecular formula is C10H22N2O2. The smallest absolute Gasteiger partial charge is 0.0935 e. The molecule has 0 amide bonds. The summed E-state index contributed by atoms with van der Waals surface area (Å²) in [4.78, 5) is 2.34. The highest BCUT2D eigenvalue weighted by atomic mass is 16.5. The summed E-state index contributed by atoms with van der Waals surface area (Å²) >= 11 is 0. The summed E-state index contributed by atoms with van der Waals surface area (Å²) in [6.45, 7) is 8.36. The number of rotatable bonds is 4. The summed E-state index contributed by atoms with van der Waals surface area (Å²) in [6.07, 6.45) is 0.205. The highest BCUT2D eigenvalue weighted by Crippen LogP contribution is 2.09. The maximum absolute atomic E-state index is 5.97. The van der Waals surface area contributed by atoms with E-state index in [4.69, 9.17) is 15.2 Å². The van der Waals surface area contributed by atoms with Gasteiger partial charge in [-0.05, 0) is 13.8 Å². The molecule has 0 bridgehead atoms. The lowest BCUT2D eigenvalue weighted by molar-refractivity contribution is -0.0641. The van der Waals surface area contributed by atoms with Crippen LogP contribution < -0.4 is 5.73 Å². The van der Waals surface area contributed by atoms with Gasteiger partial charge in [-0.3, -0.25) is 4.90 Å². The van der Waals surface area contributed by atoms with Crippen molar-refractivity contribution in [1.29, 1.82) is 0 Å². The fourth-order valence-corrected chi connectivity index (χ4v) is 1.79. The third-order valence-electron chi connectivity index (χ3n) is 2.21. The summed E-state index contributed by atoms with van der Waals surface area (Å²) in [7, 11) is 1.70. The number of hydrogen-bond donors (Lipinski definition) is 1. The van der Waals surface area contributed by atoms with Gasteiger partial charge in [0.05, 0.1) is 19.3 Å². The van der Waals surface area contributed by atoms with Crippen LogP contribution in [0.2, 0.25) is 0 Å². The zero-order chi connectivity index (χ0) is 10.6. The molecule has 1 atom stereocenters.